The summed E-state index contributed by atoms with van der Waals surface area (Å²) in [4.78, 5) is 4.42. The number of hydrogen-bond acceptors (Lipinski definition) is 5. The summed E-state index contributed by atoms with van der Waals surface area (Å²) in [5.74, 6) is 1.80. The Kier molecular flexibility index (Phi) is 3.46. The second-order valence-corrected chi connectivity index (χ2v) is 4.81. The third kappa shape index (κ3) is 2.93. The molecule has 5 nitrogen and oxygen atoms in total. The van der Waals surface area contributed by atoms with Crippen molar-refractivity contribution in [3.63, 3.8) is 0 Å². The maximum Gasteiger partial charge on any atom is 0.231 e. The van der Waals surface area contributed by atoms with Crippen LogP contribution in [0.15, 0.2) is 28.8 Å². The van der Waals surface area contributed by atoms with Gasteiger partial charge in [0.15, 0.2) is 5.82 Å². The molecule has 0 amide bonds. The van der Waals surface area contributed by atoms with Gasteiger partial charge in [-0.05, 0) is 30.5 Å². The molecule has 1 atom stereocenters. The smallest absolute Gasteiger partial charge is 0.231 e. The molecule has 0 aliphatic carbocycles. The zero-order chi connectivity index (χ0) is 13.1. The van der Waals surface area contributed by atoms with E-state index in [0.29, 0.717) is 18.9 Å². The third-order valence-electron chi connectivity index (χ3n) is 3.28. The molecule has 2 aromatic rings. The average Bonchev–Trinajstić information content (AvgIpc) is 2.88. The van der Waals surface area contributed by atoms with E-state index in [4.69, 9.17) is 9.26 Å². The molecular formula is C14H16N2O3. The van der Waals surface area contributed by atoms with Crippen LogP contribution in [0.25, 0.3) is 0 Å². The first kappa shape index (κ1) is 12.2. The van der Waals surface area contributed by atoms with E-state index in [1.165, 1.54) is 0 Å². The molecule has 1 N–H and O–H groups in total. The molecule has 1 aliphatic rings. The number of phenolic OH excluding ortho intramolecular Hbond substituents is 1. The first-order valence-electron chi connectivity index (χ1n) is 6.49. The Bertz CT molecular complexity index is 547. The molecule has 1 aromatic heterocycles. The Labute approximate surface area is 111 Å². The van der Waals surface area contributed by atoms with Gasteiger partial charge in [-0.3, -0.25) is 0 Å². The van der Waals surface area contributed by atoms with Gasteiger partial charge in [0.2, 0.25) is 5.89 Å². The summed E-state index contributed by atoms with van der Waals surface area (Å²) in [6.45, 7) is 1.50. The van der Waals surface area contributed by atoms with Crippen LogP contribution >= 0.6 is 0 Å². The fourth-order valence-corrected chi connectivity index (χ4v) is 2.29. The molecule has 0 spiro atoms. The molecule has 1 unspecified atom stereocenters. The van der Waals surface area contributed by atoms with Crippen molar-refractivity contribution >= 4 is 0 Å². The van der Waals surface area contributed by atoms with Crippen molar-refractivity contribution in [2.45, 2.75) is 25.2 Å². The maximum absolute atomic E-state index is 9.42. The maximum atomic E-state index is 9.42. The van der Waals surface area contributed by atoms with Gasteiger partial charge >= 0.3 is 0 Å². The van der Waals surface area contributed by atoms with E-state index in [9.17, 15) is 5.11 Å². The Balaban J connectivity index is 1.70. The van der Waals surface area contributed by atoms with Crippen molar-refractivity contribution in [1.82, 2.24) is 10.1 Å². The summed E-state index contributed by atoms with van der Waals surface area (Å²) >= 11 is 0. The third-order valence-corrected chi connectivity index (χ3v) is 3.28. The van der Waals surface area contributed by atoms with Gasteiger partial charge in [0.05, 0.1) is 13.0 Å². The van der Waals surface area contributed by atoms with Gasteiger partial charge in [-0.2, -0.15) is 4.98 Å². The summed E-state index contributed by atoms with van der Waals surface area (Å²) in [6.07, 6.45) is 2.63. The Morgan fingerprint density at radius 2 is 2.32 bits per heavy atom. The fourth-order valence-electron chi connectivity index (χ4n) is 2.29. The van der Waals surface area contributed by atoms with Crippen molar-refractivity contribution in [2.75, 3.05) is 13.2 Å². The van der Waals surface area contributed by atoms with E-state index >= 15 is 0 Å². The van der Waals surface area contributed by atoms with Crippen molar-refractivity contribution in [2.24, 2.45) is 0 Å². The predicted octanol–water partition coefficient (Wildman–Crippen LogP) is 2.26. The van der Waals surface area contributed by atoms with Crippen molar-refractivity contribution in [3.8, 4) is 5.75 Å². The van der Waals surface area contributed by atoms with Gasteiger partial charge in [-0.15, -0.1) is 0 Å². The molecule has 0 saturated carbocycles. The second-order valence-electron chi connectivity index (χ2n) is 4.81. The van der Waals surface area contributed by atoms with Gasteiger partial charge in [0.25, 0.3) is 0 Å². The minimum atomic E-state index is 0.246. The predicted molar refractivity (Wildman–Crippen MR) is 68.0 cm³/mol. The zero-order valence-corrected chi connectivity index (χ0v) is 10.6. The molecule has 100 valence electrons. The topological polar surface area (TPSA) is 68.4 Å². The van der Waals surface area contributed by atoms with Crippen LogP contribution in [0, 0.1) is 0 Å². The SMILES string of the molecule is Oc1cccc(Cc2nc(C3CCCOC3)no2)c1. The number of benzene rings is 1. The summed E-state index contributed by atoms with van der Waals surface area (Å²) in [6, 6.07) is 7.07. The molecule has 1 aliphatic heterocycles. The number of nitrogens with zero attached hydrogens (tertiary/aromatic N) is 2. The number of rotatable bonds is 3. The average molecular weight is 260 g/mol. The minimum absolute atomic E-state index is 0.246. The van der Waals surface area contributed by atoms with Crippen LogP contribution in [0.2, 0.25) is 0 Å². The Morgan fingerprint density at radius 3 is 3.11 bits per heavy atom. The Morgan fingerprint density at radius 1 is 1.37 bits per heavy atom. The second kappa shape index (κ2) is 5.40. The van der Waals surface area contributed by atoms with Crippen LogP contribution in [0.3, 0.4) is 0 Å². The van der Waals surface area contributed by atoms with E-state index in [2.05, 4.69) is 10.1 Å². The van der Waals surface area contributed by atoms with Crippen molar-refractivity contribution in [1.29, 1.82) is 0 Å². The number of hydrogen-bond donors (Lipinski definition) is 1. The first-order valence-corrected chi connectivity index (χ1v) is 6.49. The highest BCUT2D eigenvalue weighted by molar-refractivity contribution is 5.28. The number of aromatic nitrogens is 2. The van der Waals surface area contributed by atoms with Crippen LogP contribution in [0.1, 0.15) is 36.0 Å². The van der Waals surface area contributed by atoms with Gasteiger partial charge in [0.1, 0.15) is 5.75 Å². The van der Waals surface area contributed by atoms with E-state index in [1.807, 2.05) is 6.07 Å². The lowest BCUT2D eigenvalue weighted by Crippen LogP contribution is -2.16. The minimum Gasteiger partial charge on any atom is -0.508 e. The highest BCUT2D eigenvalue weighted by Gasteiger charge is 2.21. The highest BCUT2D eigenvalue weighted by atomic mass is 16.5. The Hall–Kier alpha value is -1.88. The molecule has 0 bridgehead atoms. The normalized spacial score (nSPS) is 19.5. The molecular weight excluding hydrogens is 244 g/mol. The van der Waals surface area contributed by atoms with Gasteiger partial charge < -0.3 is 14.4 Å². The lowest BCUT2D eigenvalue weighted by molar-refractivity contribution is 0.0773. The van der Waals surface area contributed by atoms with E-state index in [-0.39, 0.29) is 11.7 Å². The molecule has 1 saturated heterocycles. The molecule has 19 heavy (non-hydrogen) atoms. The van der Waals surface area contributed by atoms with E-state index < -0.39 is 0 Å². The van der Waals surface area contributed by atoms with E-state index in [1.54, 1.807) is 18.2 Å². The van der Waals surface area contributed by atoms with Crippen LogP contribution in [-0.2, 0) is 11.2 Å². The quantitative estimate of drug-likeness (QED) is 0.916. The number of aromatic hydroxyl groups is 1. The van der Waals surface area contributed by atoms with E-state index in [0.717, 1.165) is 30.8 Å². The van der Waals surface area contributed by atoms with Gasteiger partial charge in [0, 0.05) is 12.5 Å². The summed E-state index contributed by atoms with van der Waals surface area (Å²) < 4.78 is 10.7. The standard InChI is InChI=1S/C14H16N2O3/c17-12-5-1-3-10(7-12)8-13-15-14(16-19-13)11-4-2-6-18-9-11/h1,3,5,7,11,17H,2,4,6,8-9H2. The van der Waals surface area contributed by atoms with Gasteiger partial charge in [-0.1, -0.05) is 17.3 Å². The van der Waals surface area contributed by atoms with Crippen molar-refractivity contribution in [3.05, 3.63) is 41.5 Å². The summed E-state index contributed by atoms with van der Waals surface area (Å²) in [5, 5.41) is 13.4. The molecule has 1 aromatic carbocycles. The molecule has 5 heteroatoms. The molecule has 0 radical (unpaired) electrons. The fraction of sp³-hybridized carbons (Fsp3) is 0.429. The van der Waals surface area contributed by atoms with Crippen LogP contribution in [0.4, 0.5) is 0 Å². The van der Waals surface area contributed by atoms with Crippen LogP contribution in [-0.4, -0.2) is 28.5 Å². The summed E-state index contributed by atoms with van der Waals surface area (Å²) in [5.41, 5.74) is 0.954. The molecule has 3 rings (SSSR count). The van der Waals surface area contributed by atoms with Crippen LogP contribution < -0.4 is 0 Å². The number of phenols is 1. The zero-order valence-electron chi connectivity index (χ0n) is 10.6. The van der Waals surface area contributed by atoms with Gasteiger partial charge in [-0.25, -0.2) is 0 Å². The summed E-state index contributed by atoms with van der Waals surface area (Å²) in [7, 11) is 0. The molecule has 1 fully saturated rings. The monoisotopic (exact) mass is 260 g/mol. The largest absolute Gasteiger partial charge is 0.508 e. The lowest BCUT2D eigenvalue weighted by atomic mass is 10.0. The van der Waals surface area contributed by atoms with Crippen molar-refractivity contribution < 1.29 is 14.4 Å². The van der Waals surface area contributed by atoms with Crippen LogP contribution in [0.5, 0.6) is 5.75 Å². The number of ether oxygens (including phenoxy) is 1. The highest BCUT2D eigenvalue weighted by Crippen LogP contribution is 2.23. The first-order chi connectivity index (χ1) is 9.31. The molecule has 2 heterocycles. The lowest BCUT2D eigenvalue weighted by Gasteiger charge is -2.18.